The molecule has 0 N–H and O–H groups in total. The molecule has 0 radical (unpaired) electrons. The highest BCUT2D eigenvalue weighted by Gasteiger charge is 2.35. The minimum absolute atomic E-state index is 0.257. The number of aromatic nitrogens is 1. The lowest BCUT2D eigenvalue weighted by molar-refractivity contribution is -0.143. The Balaban J connectivity index is 1.61. The Labute approximate surface area is 288 Å². The van der Waals surface area contributed by atoms with Crippen LogP contribution in [0.25, 0.3) is 6.08 Å². The Bertz CT molecular complexity index is 1900. The zero-order valence-corrected chi connectivity index (χ0v) is 30.4. The van der Waals surface area contributed by atoms with Crippen molar-refractivity contribution >= 4 is 84.5 Å². The molecule has 1 aliphatic rings. The third kappa shape index (κ3) is 6.94. The summed E-state index contributed by atoms with van der Waals surface area (Å²) in [6.45, 7) is 5.81. The molecule has 2 heterocycles. The monoisotopic (exact) mass is 884 g/mol. The fourth-order valence-corrected chi connectivity index (χ4v) is 8.31. The number of thiazole rings is 1. The topological polar surface area (TPSA) is 79.1 Å². The van der Waals surface area contributed by atoms with Crippen LogP contribution in [0.4, 0.5) is 0 Å². The summed E-state index contributed by atoms with van der Waals surface area (Å²) in [5.41, 5.74) is 3.13. The number of allylic oxidation sites excluding steroid dienone is 1. The van der Waals surface area contributed by atoms with Crippen LogP contribution in [0.15, 0.2) is 86.2 Å². The Kier molecular flexibility index (Phi) is 10.1. The predicted octanol–water partition coefficient (Wildman–Crippen LogP) is 6.75. The maximum Gasteiger partial charge on any atom is 0.338 e. The second-order valence-corrected chi connectivity index (χ2v) is 14.3. The maximum absolute atomic E-state index is 14.1. The van der Waals surface area contributed by atoms with Crippen molar-refractivity contribution in [2.45, 2.75) is 39.5 Å². The van der Waals surface area contributed by atoms with Gasteiger partial charge in [0.05, 0.1) is 36.2 Å². The number of halogens is 3. The quantitative estimate of drug-likeness (QED) is 0.145. The Morgan fingerprint density at radius 3 is 2.47 bits per heavy atom. The summed E-state index contributed by atoms with van der Waals surface area (Å²) in [5.74, 6) is 0.824. The second kappa shape index (κ2) is 13.7. The number of nitrogens with zero attached hydrogens (tertiary/aromatic N) is 2. The zero-order chi connectivity index (χ0) is 30.8. The number of rotatable bonds is 8. The highest BCUT2D eigenvalue weighted by atomic mass is 127. The van der Waals surface area contributed by atoms with Gasteiger partial charge in [-0.1, -0.05) is 57.6 Å². The SMILES string of the molecule is COc1ccc(Br)cc1[C@@H]1C(C(=O)OC(C)C)=C(C)N=c2s/c(=C\c3cc(I)c(OCc4ccccc4)c(I)c3)c(=O)n21. The van der Waals surface area contributed by atoms with Gasteiger partial charge in [-0.2, -0.15) is 0 Å². The van der Waals surface area contributed by atoms with Crippen LogP contribution >= 0.6 is 72.4 Å². The van der Waals surface area contributed by atoms with Crippen LogP contribution < -0.4 is 24.4 Å². The maximum atomic E-state index is 14.1. The molecule has 0 saturated heterocycles. The molecule has 4 aromatic rings. The van der Waals surface area contributed by atoms with E-state index in [4.69, 9.17) is 19.2 Å². The summed E-state index contributed by atoms with van der Waals surface area (Å²) in [5, 5.41) is 0. The summed E-state index contributed by atoms with van der Waals surface area (Å²) in [6.07, 6.45) is 1.52. The first-order valence-corrected chi connectivity index (χ1v) is 17.1. The van der Waals surface area contributed by atoms with Gasteiger partial charge in [-0.25, -0.2) is 9.79 Å². The molecule has 0 amide bonds. The number of hydrogen-bond acceptors (Lipinski definition) is 7. The Morgan fingerprint density at radius 2 is 1.81 bits per heavy atom. The van der Waals surface area contributed by atoms with E-state index in [1.807, 2.05) is 60.7 Å². The van der Waals surface area contributed by atoms with Crippen LogP contribution in [0.3, 0.4) is 0 Å². The first-order chi connectivity index (χ1) is 20.6. The third-order valence-electron chi connectivity index (χ3n) is 6.62. The summed E-state index contributed by atoms with van der Waals surface area (Å²) in [6, 6.07) is 18.7. The number of carbonyl (C=O) groups excluding carboxylic acids is 1. The standard InChI is InChI=1S/C32H27BrI2N2O5S/c1-17(2)42-31(39)27-18(3)36-32-37(28(27)22-15-21(33)10-11-25(22)40-4)30(38)26(43-32)14-20-12-23(34)29(24(35)13-20)41-16-19-8-6-5-7-9-19/h5-15,17,28H,16H2,1-4H3/b26-14-/t28-/m1/s1. The van der Waals surface area contributed by atoms with Gasteiger partial charge in [-0.15, -0.1) is 0 Å². The molecule has 0 aliphatic carbocycles. The average molecular weight is 885 g/mol. The van der Waals surface area contributed by atoms with Crippen LogP contribution in [0, 0.1) is 7.14 Å². The van der Waals surface area contributed by atoms with Gasteiger partial charge in [-0.3, -0.25) is 9.36 Å². The summed E-state index contributed by atoms with van der Waals surface area (Å²) >= 11 is 9.35. The van der Waals surface area contributed by atoms with Gasteiger partial charge < -0.3 is 14.2 Å². The van der Waals surface area contributed by atoms with Crippen molar-refractivity contribution in [1.82, 2.24) is 4.57 Å². The minimum Gasteiger partial charge on any atom is -0.496 e. The minimum atomic E-state index is -0.786. The van der Waals surface area contributed by atoms with E-state index >= 15 is 0 Å². The molecule has 0 saturated carbocycles. The van der Waals surface area contributed by atoms with E-state index in [9.17, 15) is 9.59 Å². The fourth-order valence-electron chi connectivity index (χ4n) is 4.76. The third-order valence-corrected chi connectivity index (χ3v) is 9.69. The molecule has 7 nitrogen and oxygen atoms in total. The molecule has 43 heavy (non-hydrogen) atoms. The first kappa shape index (κ1) is 31.9. The first-order valence-electron chi connectivity index (χ1n) is 13.3. The van der Waals surface area contributed by atoms with Crippen molar-refractivity contribution in [2.24, 2.45) is 4.99 Å². The average Bonchev–Trinajstić information content (AvgIpc) is 3.25. The predicted molar refractivity (Wildman–Crippen MR) is 188 cm³/mol. The number of hydrogen-bond donors (Lipinski definition) is 0. The number of benzene rings is 3. The zero-order valence-electron chi connectivity index (χ0n) is 23.7. The normalized spacial score (nSPS) is 14.9. The summed E-state index contributed by atoms with van der Waals surface area (Å²) < 4.78 is 22.2. The summed E-state index contributed by atoms with van der Waals surface area (Å²) in [4.78, 5) is 32.7. The lowest BCUT2D eigenvalue weighted by Crippen LogP contribution is -2.40. The van der Waals surface area contributed by atoms with Gasteiger partial charge in [0.2, 0.25) is 0 Å². The second-order valence-electron chi connectivity index (χ2n) is 10.0. The van der Waals surface area contributed by atoms with Crippen molar-refractivity contribution in [1.29, 1.82) is 0 Å². The van der Waals surface area contributed by atoms with Crippen molar-refractivity contribution in [3.63, 3.8) is 0 Å². The molecule has 0 unspecified atom stereocenters. The molecule has 0 bridgehead atoms. The van der Waals surface area contributed by atoms with E-state index in [1.54, 1.807) is 38.5 Å². The van der Waals surface area contributed by atoms with E-state index in [1.165, 1.54) is 11.3 Å². The highest BCUT2D eigenvalue weighted by Crippen LogP contribution is 2.37. The number of methoxy groups -OCH3 is 1. The molecule has 0 fully saturated rings. The number of esters is 1. The lowest BCUT2D eigenvalue weighted by atomic mass is 9.95. The smallest absolute Gasteiger partial charge is 0.338 e. The van der Waals surface area contributed by atoms with Gasteiger partial charge in [0, 0.05) is 10.0 Å². The number of ether oxygens (including phenoxy) is 3. The largest absolute Gasteiger partial charge is 0.496 e. The van der Waals surface area contributed by atoms with Gasteiger partial charge in [0.1, 0.15) is 24.1 Å². The molecule has 1 aliphatic heterocycles. The molecule has 222 valence electrons. The van der Waals surface area contributed by atoms with E-state index in [2.05, 4.69) is 61.1 Å². The van der Waals surface area contributed by atoms with Gasteiger partial charge in [0.25, 0.3) is 5.56 Å². The molecule has 1 atom stereocenters. The van der Waals surface area contributed by atoms with Crippen molar-refractivity contribution in [3.8, 4) is 11.5 Å². The van der Waals surface area contributed by atoms with Crippen LogP contribution in [-0.4, -0.2) is 23.8 Å². The van der Waals surface area contributed by atoms with Gasteiger partial charge in [0.15, 0.2) is 4.80 Å². The summed E-state index contributed by atoms with van der Waals surface area (Å²) in [7, 11) is 1.57. The van der Waals surface area contributed by atoms with Crippen molar-refractivity contribution in [3.05, 3.63) is 120 Å². The van der Waals surface area contributed by atoms with E-state index in [-0.39, 0.29) is 11.7 Å². The van der Waals surface area contributed by atoms with Crippen molar-refractivity contribution in [2.75, 3.05) is 7.11 Å². The van der Waals surface area contributed by atoms with Crippen molar-refractivity contribution < 1.29 is 19.0 Å². The van der Waals surface area contributed by atoms with Crippen LogP contribution in [0.1, 0.15) is 43.5 Å². The molecule has 11 heteroatoms. The fraction of sp³-hybridized carbons (Fsp3) is 0.219. The lowest BCUT2D eigenvalue weighted by Gasteiger charge is -2.26. The highest BCUT2D eigenvalue weighted by molar-refractivity contribution is 14.1. The molecule has 5 rings (SSSR count). The van der Waals surface area contributed by atoms with Gasteiger partial charge >= 0.3 is 5.97 Å². The van der Waals surface area contributed by atoms with E-state index < -0.39 is 12.0 Å². The molecular formula is C32H27BrI2N2O5S. The molecule has 0 spiro atoms. The van der Waals surface area contributed by atoms with Gasteiger partial charge in [-0.05, 0) is 113 Å². The van der Waals surface area contributed by atoms with E-state index in [0.717, 1.165) is 28.5 Å². The van der Waals surface area contributed by atoms with E-state index in [0.29, 0.717) is 38.5 Å². The Hall–Kier alpha value is -2.49. The van der Waals surface area contributed by atoms with Crippen LogP contribution in [-0.2, 0) is 16.1 Å². The number of carbonyl (C=O) groups is 1. The molecule has 1 aromatic heterocycles. The van der Waals surface area contributed by atoms with Crippen LogP contribution in [0.5, 0.6) is 11.5 Å². The van der Waals surface area contributed by atoms with Crippen LogP contribution in [0.2, 0.25) is 0 Å². The Morgan fingerprint density at radius 1 is 1.12 bits per heavy atom. The molecular weight excluding hydrogens is 858 g/mol. The number of fused-ring (bicyclic) bond motifs is 1. The molecule has 3 aromatic carbocycles.